The third-order valence-corrected chi connectivity index (χ3v) is 2.98. The van der Waals surface area contributed by atoms with Crippen LogP contribution in [0.25, 0.3) is 0 Å². The van der Waals surface area contributed by atoms with Crippen molar-refractivity contribution in [2.45, 2.75) is 12.8 Å². The van der Waals surface area contributed by atoms with Crippen molar-refractivity contribution in [3.05, 3.63) is 23.8 Å². The number of amides is 2. The van der Waals surface area contributed by atoms with Gasteiger partial charge in [-0.3, -0.25) is 9.59 Å². The molecule has 1 aliphatic heterocycles. The van der Waals surface area contributed by atoms with Gasteiger partial charge in [0, 0.05) is 32.0 Å². The van der Waals surface area contributed by atoms with Crippen LogP contribution in [-0.2, 0) is 20.7 Å². The summed E-state index contributed by atoms with van der Waals surface area (Å²) >= 11 is 0. The molecule has 2 amide bonds. The van der Waals surface area contributed by atoms with Crippen molar-refractivity contribution in [3.8, 4) is 0 Å². The van der Waals surface area contributed by atoms with E-state index in [2.05, 4.69) is 5.32 Å². The summed E-state index contributed by atoms with van der Waals surface area (Å²) in [5.74, 6) is -0.0589. The van der Waals surface area contributed by atoms with Crippen LogP contribution in [0.4, 0.5) is 11.4 Å². The lowest BCUT2D eigenvalue weighted by Crippen LogP contribution is -2.31. The van der Waals surface area contributed by atoms with E-state index in [-0.39, 0.29) is 18.4 Å². The topological polar surface area (TPSA) is 58.6 Å². The van der Waals surface area contributed by atoms with E-state index in [0.717, 1.165) is 16.9 Å². The molecule has 0 bridgehead atoms. The van der Waals surface area contributed by atoms with Gasteiger partial charge in [0.25, 0.3) is 0 Å². The van der Waals surface area contributed by atoms with Gasteiger partial charge in [0.15, 0.2) is 0 Å². The molecule has 0 radical (unpaired) electrons. The molecule has 0 aromatic heterocycles. The first kappa shape index (κ1) is 12.6. The predicted molar refractivity (Wildman–Crippen MR) is 68.7 cm³/mol. The number of anilines is 2. The lowest BCUT2D eigenvalue weighted by atomic mass is 10.0. The van der Waals surface area contributed by atoms with Gasteiger partial charge >= 0.3 is 0 Å². The molecular weight excluding hydrogens is 232 g/mol. The van der Waals surface area contributed by atoms with Gasteiger partial charge in [-0.05, 0) is 30.2 Å². The maximum absolute atomic E-state index is 11.5. The Bertz CT molecular complexity index is 485. The number of carbonyl (C=O) groups is 2. The summed E-state index contributed by atoms with van der Waals surface area (Å²) < 4.78 is 4.75. The first-order valence-corrected chi connectivity index (χ1v) is 5.80. The molecule has 18 heavy (non-hydrogen) atoms. The van der Waals surface area contributed by atoms with Gasteiger partial charge in [0.1, 0.15) is 6.61 Å². The molecule has 0 atom stereocenters. The fourth-order valence-electron chi connectivity index (χ4n) is 2.06. The molecule has 0 unspecified atom stereocenters. The van der Waals surface area contributed by atoms with E-state index < -0.39 is 0 Å². The highest BCUT2D eigenvalue weighted by molar-refractivity contribution is 5.97. The van der Waals surface area contributed by atoms with Crippen LogP contribution in [0, 0.1) is 0 Å². The molecule has 96 valence electrons. The maximum atomic E-state index is 11.5. The van der Waals surface area contributed by atoms with Gasteiger partial charge in [-0.15, -0.1) is 0 Å². The number of aryl methyl sites for hydroxylation is 1. The van der Waals surface area contributed by atoms with Crippen molar-refractivity contribution < 1.29 is 14.3 Å². The van der Waals surface area contributed by atoms with Crippen LogP contribution in [-0.4, -0.2) is 32.6 Å². The number of methoxy groups -OCH3 is 1. The van der Waals surface area contributed by atoms with Crippen molar-refractivity contribution in [1.29, 1.82) is 0 Å². The minimum atomic E-state index is -0.183. The molecule has 0 saturated carbocycles. The third-order valence-electron chi connectivity index (χ3n) is 2.98. The average molecular weight is 248 g/mol. The van der Waals surface area contributed by atoms with Crippen molar-refractivity contribution in [3.63, 3.8) is 0 Å². The van der Waals surface area contributed by atoms with E-state index in [1.165, 1.54) is 7.11 Å². The Morgan fingerprint density at radius 2 is 2.22 bits per heavy atom. The zero-order chi connectivity index (χ0) is 13.1. The molecule has 1 aliphatic rings. The molecule has 5 heteroatoms. The monoisotopic (exact) mass is 248 g/mol. The van der Waals surface area contributed by atoms with Gasteiger partial charge in [0.05, 0.1) is 0 Å². The number of nitrogens with zero attached hydrogens (tertiary/aromatic N) is 1. The Kier molecular flexibility index (Phi) is 3.62. The highest BCUT2D eigenvalue weighted by Gasteiger charge is 2.20. The minimum Gasteiger partial charge on any atom is -0.375 e. The number of ether oxygens (including phenoxy) is 1. The summed E-state index contributed by atoms with van der Waals surface area (Å²) in [5.41, 5.74) is 2.72. The molecule has 5 nitrogen and oxygen atoms in total. The summed E-state index contributed by atoms with van der Waals surface area (Å²) in [4.78, 5) is 24.6. The second kappa shape index (κ2) is 5.18. The van der Waals surface area contributed by atoms with E-state index >= 15 is 0 Å². The van der Waals surface area contributed by atoms with Crippen LogP contribution in [0.2, 0.25) is 0 Å². The van der Waals surface area contributed by atoms with E-state index in [9.17, 15) is 9.59 Å². The summed E-state index contributed by atoms with van der Waals surface area (Å²) in [6.07, 6.45) is 1.23. The number of fused-ring (bicyclic) bond motifs is 1. The fraction of sp³-hybridized carbons (Fsp3) is 0.385. The Morgan fingerprint density at radius 1 is 1.44 bits per heavy atom. The lowest BCUT2D eigenvalue weighted by Gasteiger charge is -2.26. The standard InChI is InChI=1S/C13H16N2O3/c1-15-11-5-4-10(14-12(16)8-18-2)7-9(11)3-6-13(15)17/h4-5,7H,3,6,8H2,1-2H3,(H,14,16). The van der Waals surface area contributed by atoms with Crippen molar-refractivity contribution in [2.24, 2.45) is 0 Å². The largest absolute Gasteiger partial charge is 0.375 e. The first-order valence-electron chi connectivity index (χ1n) is 5.80. The molecule has 0 aliphatic carbocycles. The smallest absolute Gasteiger partial charge is 0.250 e. The zero-order valence-electron chi connectivity index (χ0n) is 10.5. The minimum absolute atomic E-state index is 0.0372. The SMILES string of the molecule is COCC(=O)Nc1ccc2c(c1)CCC(=O)N2C. The summed E-state index contributed by atoms with van der Waals surface area (Å²) in [6.45, 7) is 0.0372. The quantitative estimate of drug-likeness (QED) is 0.873. The zero-order valence-corrected chi connectivity index (χ0v) is 10.5. The van der Waals surface area contributed by atoms with Crippen LogP contribution in [0.1, 0.15) is 12.0 Å². The van der Waals surface area contributed by atoms with Gasteiger partial charge in [0.2, 0.25) is 11.8 Å². The normalized spacial score (nSPS) is 14.3. The second-order valence-electron chi connectivity index (χ2n) is 4.28. The Hall–Kier alpha value is -1.88. The molecule has 1 aromatic rings. The van der Waals surface area contributed by atoms with Crippen LogP contribution < -0.4 is 10.2 Å². The maximum Gasteiger partial charge on any atom is 0.250 e. The molecule has 2 rings (SSSR count). The number of carbonyl (C=O) groups excluding carboxylic acids is 2. The predicted octanol–water partition coefficient (Wildman–Crippen LogP) is 1.18. The van der Waals surface area contributed by atoms with Gasteiger partial charge in [-0.2, -0.15) is 0 Å². The van der Waals surface area contributed by atoms with Gasteiger partial charge in [-0.1, -0.05) is 0 Å². The number of hydrogen-bond donors (Lipinski definition) is 1. The summed E-state index contributed by atoms with van der Waals surface area (Å²) in [5, 5.41) is 2.75. The van der Waals surface area contributed by atoms with Crippen molar-refractivity contribution in [2.75, 3.05) is 31.0 Å². The van der Waals surface area contributed by atoms with Crippen LogP contribution in [0.15, 0.2) is 18.2 Å². The van der Waals surface area contributed by atoms with Crippen molar-refractivity contribution >= 4 is 23.2 Å². The van der Waals surface area contributed by atoms with E-state index in [4.69, 9.17) is 4.74 Å². The molecule has 0 fully saturated rings. The Labute approximate surface area is 106 Å². The molecule has 1 N–H and O–H groups in total. The third kappa shape index (κ3) is 2.51. The highest BCUT2D eigenvalue weighted by Crippen LogP contribution is 2.29. The second-order valence-corrected chi connectivity index (χ2v) is 4.28. The van der Waals surface area contributed by atoms with Crippen LogP contribution >= 0.6 is 0 Å². The summed E-state index contributed by atoms with van der Waals surface area (Å²) in [7, 11) is 3.25. The number of benzene rings is 1. The first-order chi connectivity index (χ1) is 8.61. The summed E-state index contributed by atoms with van der Waals surface area (Å²) in [6, 6.07) is 5.56. The van der Waals surface area contributed by atoms with Crippen LogP contribution in [0.5, 0.6) is 0 Å². The Morgan fingerprint density at radius 3 is 2.94 bits per heavy atom. The van der Waals surface area contributed by atoms with Gasteiger partial charge in [-0.25, -0.2) is 0 Å². The van der Waals surface area contributed by atoms with E-state index in [1.807, 2.05) is 12.1 Å². The lowest BCUT2D eigenvalue weighted by molar-refractivity contribution is -0.120. The van der Waals surface area contributed by atoms with Gasteiger partial charge < -0.3 is 15.0 Å². The van der Waals surface area contributed by atoms with E-state index in [1.54, 1.807) is 18.0 Å². The molecular formula is C13H16N2O3. The number of nitrogens with one attached hydrogen (secondary N) is 1. The highest BCUT2D eigenvalue weighted by atomic mass is 16.5. The van der Waals surface area contributed by atoms with Crippen molar-refractivity contribution in [1.82, 2.24) is 0 Å². The number of hydrogen-bond acceptors (Lipinski definition) is 3. The average Bonchev–Trinajstić information content (AvgIpc) is 2.34. The number of rotatable bonds is 3. The molecule has 0 spiro atoms. The molecule has 1 aromatic carbocycles. The molecule has 0 saturated heterocycles. The Balaban J connectivity index is 2.18. The molecule has 1 heterocycles. The fourth-order valence-corrected chi connectivity index (χ4v) is 2.06. The van der Waals surface area contributed by atoms with Crippen LogP contribution in [0.3, 0.4) is 0 Å². The van der Waals surface area contributed by atoms with E-state index in [0.29, 0.717) is 12.8 Å².